The van der Waals surface area contributed by atoms with E-state index in [1.165, 1.54) is 26.9 Å². The molecule has 6 aromatic rings. The molecule has 196 valence electrons. The maximum Gasteiger partial charge on any atom is 0.178 e. The lowest BCUT2D eigenvalue weighted by atomic mass is 9.82. The predicted molar refractivity (Wildman–Crippen MR) is 165 cm³/mol. The second kappa shape index (κ2) is 9.46. The second-order valence-electron chi connectivity index (χ2n) is 10.6. The van der Waals surface area contributed by atoms with Crippen LogP contribution in [0.2, 0.25) is 0 Å². The molecule has 6 aromatic carbocycles. The zero-order chi connectivity index (χ0) is 27.3. The first kappa shape index (κ1) is 24.3. The van der Waals surface area contributed by atoms with Crippen molar-refractivity contribution in [1.82, 2.24) is 0 Å². The van der Waals surface area contributed by atoms with E-state index in [0.717, 1.165) is 39.3 Å². The van der Waals surface area contributed by atoms with Gasteiger partial charge in [-0.15, -0.1) is 0 Å². The average molecular weight is 523 g/mol. The van der Waals surface area contributed by atoms with Crippen molar-refractivity contribution in [3.63, 3.8) is 0 Å². The lowest BCUT2D eigenvalue weighted by Gasteiger charge is -2.37. The fourth-order valence-electron chi connectivity index (χ4n) is 6.05. The van der Waals surface area contributed by atoms with Crippen LogP contribution in [0.5, 0.6) is 17.2 Å². The smallest absolute Gasteiger partial charge is 0.178 e. The number of rotatable bonds is 5. The van der Waals surface area contributed by atoms with Crippen LogP contribution < -0.4 is 14.2 Å². The third-order valence-electron chi connectivity index (χ3n) is 7.82. The first-order valence-corrected chi connectivity index (χ1v) is 13.7. The third kappa shape index (κ3) is 3.73. The molecule has 0 saturated heterocycles. The summed E-state index contributed by atoms with van der Waals surface area (Å²) in [5.41, 5.74) is 2.26. The van der Waals surface area contributed by atoms with Crippen molar-refractivity contribution in [3.05, 3.63) is 132 Å². The summed E-state index contributed by atoms with van der Waals surface area (Å²) in [5, 5.41) is 7.21. The van der Waals surface area contributed by atoms with E-state index in [2.05, 4.69) is 117 Å². The highest BCUT2D eigenvalue weighted by Crippen LogP contribution is 2.51. The number of fused-ring (bicyclic) bond motifs is 8. The van der Waals surface area contributed by atoms with Crippen molar-refractivity contribution in [2.45, 2.75) is 25.6 Å². The Balaban J connectivity index is 1.57. The van der Waals surface area contributed by atoms with Crippen molar-refractivity contribution >= 4 is 38.4 Å². The monoisotopic (exact) mass is 522 g/mol. The largest absolute Gasteiger partial charge is 0.497 e. The summed E-state index contributed by atoms with van der Waals surface area (Å²) < 4.78 is 19.2. The normalized spacial score (nSPS) is 16.3. The SMILES string of the molecule is COc1ccc(C2(c3ccccc3)C=Cc3c(c(OC(C)C)cc4c5ccccc5c5ccccc5c34)O2)cc1. The van der Waals surface area contributed by atoms with Gasteiger partial charge in [-0.1, -0.05) is 91.0 Å². The molecule has 3 nitrogen and oxygen atoms in total. The Morgan fingerprint density at radius 1 is 0.650 bits per heavy atom. The van der Waals surface area contributed by atoms with Gasteiger partial charge in [-0.3, -0.25) is 0 Å². The van der Waals surface area contributed by atoms with E-state index < -0.39 is 5.60 Å². The van der Waals surface area contributed by atoms with Crippen LogP contribution in [0.4, 0.5) is 0 Å². The molecule has 3 heteroatoms. The number of hydrogen-bond donors (Lipinski definition) is 0. The Morgan fingerprint density at radius 2 is 1.23 bits per heavy atom. The molecule has 0 aliphatic carbocycles. The summed E-state index contributed by atoms with van der Waals surface area (Å²) >= 11 is 0. The summed E-state index contributed by atoms with van der Waals surface area (Å²) in [6.45, 7) is 4.11. The molecular weight excluding hydrogens is 492 g/mol. The molecule has 0 fully saturated rings. The van der Waals surface area contributed by atoms with Crippen LogP contribution in [0.1, 0.15) is 30.5 Å². The molecule has 1 atom stereocenters. The van der Waals surface area contributed by atoms with E-state index in [4.69, 9.17) is 14.2 Å². The van der Waals surface area contributed by atoms with E-state index in [0.29, 0.717) is 0 Å². The first-order chi connectivity index (χ1) is 19.6. The molecule has 1 aliphatic heterocycles. The zero-order valence-corrected chi connectivity index (χ0v) is 22.8. The molecule has 1 aliphatic rings. The Kier molecular flexibility index (Phi) is 5.74. The fourth-order valence-corrected chi connectivity index (χ4v) is 6.05. The lowest BCUT2D eigenvalue weighted by Crippen LogP contribution is -2.34. The molecule has 0 bridgehead atoms. The summed E-state index contributed by atoms with van der Waals surface area (Å²) in [6.07, 6.45) is 4.40. The van der Waals surface area contributed by atoms with Gasteiger partial charge in [-0.2, -0.15) is 0 Å². The number of ether oxygens (including phenoxy) is 3. The summed E-state index contributed by atoms with van der Waals surface area (Å²) in [7, 11) is 1.68. The number of methoxy groups -OCH3 is 1. The van der Waals surface area contributed by atoms with Crippen molar-refractivity contribution in [2.75, 3.05) is 7.11 Å². The Bertz CT molecular complexity index is 1900. The van der Waals surface area contributed by atoms with Crippen molar-refractivity contribution < 1.29 is 14.2 Å². The fraction of sp³-hybridized carbons (Fsp3) is 0.135. The van der Waals surface area contributed by atoms with Gasteiger partial charge in [0.05, 0.1) is 13.2 Å². The average Bonchev–Trinajstić information content (AvgIpc) is 3.01. The predicted octanol–water partition coefficient (Wildman–Crippen LogP) is 9.29. The Morgan fingerprint density at radius 3 is 1.88 bits per heavy atom. The molecule has 0 spiro atoms. The van der Waals surface area contributed by atoms with Gasteiger partial charge in [0.15, 0.2) is 17.1 Å². The van der Waals surface area contributed by atoms with Crippen LogP contribution in [0.3, 0.4) is 0 Å². The molecular formula is C37H30O3. The van der Waals surface area contributed by atoms with Crippen molar-refractivity contribution in [1.29, 1.82) is 0 Å². The van der Waals surface area contributed by atoms with Crippen molar-refractivity contribution in [2.24, 2.45) is 0 Å². The second-order valence-corrected chi connectivity index (χ2v) is 10.6. The molecule has 1 unspecified atom stereocenters. The van der Waals surface area contributed by atoms with Gasteiger partial charge in [0.1, 0.15) is 5.75 Å². The Labute approximate surface area is 234 Å². The molecule has 0 N–H and O–H groups in total. The minimum absolute atomic E-state index is 0.0186. The highest BCUT2D eigenvalue weighted by atomic mass is 16.5. The highest BCUT2D eigenvalue weighted by Gasteiger charge is 2.39. The lowest BCUT2D eigenvalue weighted by molar-refractivity contribution is 0.145. The van der Waals surface area contributed by atoms with Crippen molar-refractivity contribution in [3.8, 4) is 17.2 Å². The van der Waals surface area contributed by atoms with Gasteiger partial charge < -0.3 is 14.2 Å². The summed E-state index contributed by atoms with van der Waals surface area (Å²) in [5.74, 6) is 2.31. The van der Waals surface area contributed by atoms with E-state index in [9.17, 15) is 0 Å². The van der Waals surface area contributed by atoms with Crippen LogP contribution in [0, 0.1) is 0 Å². The van der Waals surface area contributed by atoms with Crippen LogP contribution in [-0.2, 0) is 5.60 Å². The first-order valence-electron chi connectivity index (χ1n) is 13.7. The molecule has 7 rings (SSSR count). The van der Waals surface area contributed by atoms with Gasteiger partial charge in [-0.05, 0) is 71.1 Å². The Hall–Kier alpha value is -4.76. The van der Waals surface area contributed by atoms with Crippen LogP contribution >= 0.6 is 0 Å². The third-order valence-corrected chi connectivity index (χ3v) is 7.82. The van der Waals surface area contributed by atoms with Gasteiger partial charge in [0, 0.05) is 22.1 Å². The minimum atomic E-state index is -0.837. The van der Waals surface area contributed by atoms with Gasteiger partial charge in [-0.25, -0.2) is 0 Å². The molecule has 40 heavy (non-hydrogen) atoms. The molecule has 0 saturated carbocycles. The highest BCUT2D eigenvalue weighted by molar-refractivity contribution is 6.27. The van der Waals surface area contributed by atoms with E-state index >= 15 is 0 Å². The maximum absolute atomic E-state index is 7.21. The standard InChI is InChI=1S/C37H30O3/c1-24(2)39-34-23-33-30-15-8-7-13-28(30)29-14-9-10-16-31(29)35(33)32-21-22-37(40-36(32)34,25-11-5-4-6-12-25)26-17-19-27(38-3)20-18-26/h4-24H,1-3H3. The van der Waals surface area contributed by atoms with Crippen LogP contribution in [-0.4, -0.2) is 13.2 Å². The number of benzene rings is 6. The topological polar surface area (TPSA) is 27.7 Å². The van der Waals surface area contributed by atoms with Crippen LogP contribution in [0.15, 0.2) is 115 Å². The van der Waals surface area contributed by atoms with E-state index in [1.807, 2.05) is 18.2 Å². The van der Waals surface area contributed by atoms with E-state index in [1.54, 1.807) is 7.11 Å². The molecule has 0 radical (unpaired) electrons. The summed E-state index contributed by atoms with van der Waals surface area (Å²) in [4.78, 5) is 0. The van der Waals surface area contributed by atoms with Gasteiger partial charge >= 0.3 is 0 Å². The van der Waals surface area contributed by atoms with Gasteiger partial charge in [0.25, 0.3) is 0 Å². The minimum Gasteiger partial charge on any atom is -0.497 e. The maximum atomic E-state index is 7.21. The van der Waals surface area contributed by atoms with Crippen LogP contribution in [0.25, 0.3) is 38.4 Å². The van der Waals surface area contributed by atoms with Gasteiger partial charge in [0.2, 0.25) is 0 Å². The molecule has 0 amide bonds. The van der Waals surface area contributed by atoms with E-state index in [-0.39, 0.29) is 6.10 Å². The summed E-state index contributed by atoms with van der Waals surface area (Å²) in [6, 6.07) is 37.9. The molecule has 1 heterocycles. The zero-order valence-electron chi connectivity index (χ0n) is 22.8. The quantitative estimate of drug-likeness (QED) is 0.211. The number of hydrogen-bond acceptors (Lipinski definition) is 3. The molecule has 0 aromatic heterocycles.